The predicted octanol–water partition coefficient (Wildman–Crippen LogP) is 6.88. The van der Waals surface area contributed by atoms with Crippen LogP contribution in [0.1, 0.15) is 5.76 Å². The number of carbonyl (C=O) groups excluding carboxylic acids is 1. The zero-order valence-corrected chi connectivity index (χ0v) is 18.6. The zero-order valence-electron chi connectivity index (χ0n) is 17.8. The van der Waals surface area contributed by atoms with Gasteiger partial charge in [0.15, 0.2) is 0 Å². The molecule has 3 aromatic carbocycles. The second-order valence-electron chi connectivity index (χ2n) is 7.29. The molecule has 5 rings (SSSR count). The van der Waals surface area contributed by atoms with Gasteiger partial charge in [0, 0.05) is 17.2 Å². The number of anilines is 1. The van der Waals surface area contributed by atoms with Crippen LogP contribution in [0, 0.1) is 0 Å². The number of rotatable bonds is 6. The molecule has 162 valence electrons. The second kappa shape index (κ2) is 9.14. The average molecular weight is 453 g/mol. The van der Waals surface area contributed by atoms with Crippen molar-refractivity contribution in [2.24, 2.45) is 0 Å². The van der Waals surface area contributed by atoms with Crippen molar-refractivity contribution in [3.63, 3.8) is 0 Å². The van der Waals surface area contributed by atoms with Gasteiger partial charge in [0.25, 0.3) is 0 Å². The summed E-state index contributed by atoms with van der Waals surface area (Å²) in [6.07, 6.45) is 3.09. The highest BCUT2D eigenvalue weighted by atomic mass is 32.1. The molecule has 2 heterocycles. The minimum Gasteiger partial charge on any atom is -0.495 e. The monoisotopic (exact) mass is 452 g/mol. The standard InChI is InChI=1S/C27H20N2O3S/c1-31-24-14-11-19(27-29-21-9-5-6-10-25(21)33-27)17-22(24)28-26(30)16-13-20-12-15-23(32-20)18-7-3-2-4-8-18/h2-17H,1H3,(H,28,30). The Hall–Kier alpha value is -4.16. The Balaban J connectivity index is 1.34. The lowest BCUT2D eigenvalue weighted by molar-refractivity contribution is -0.111. The Kier molecular flexibility index (Phi) is 5.74. The highest BCUT2D eigenvalue weighted by Gasteiger charge is 2.12. The maximum atomic E-state index is 12.6. The number of methoxy groups -OCH3 is 1. The third kappa shape index (κ3) is 4.56. The molecule has 0 fully saturated rings. The summed E-state index contributed by atoms with van der Waals surface area (Å²) in [6.45, 7) is 0. The fraction of sp³-hybridized carbons (Fsp3) is 0.0370. The van der Waals surface area contributed by atoms with Gasteiger partial charge >= 0.3 is 0 Å². The largest absolute Gasteiger partial charge is 0.495 e. The third-order valence-electron chi connectivity index (χ3n) is 5.08. The lowest BCUT2D eigenvalue weighted by Gasteiger charge is -2.10. The number of nitrogens with one attached hydrogen (secondary N) is 1. The first kappa shape index (κ1) is 20.7. The van der Waals surface area contributed by atoms with Crippen LogP contribution in [0.3, 0.4) is 0 Å². The van der Waals surface area contributed by atoms with E-state index in [0.717, 1.165) is 32.1 Å². The van der Waals surface area contributed by atoms with Crippen LogP contribution in [-0.2, 0) is 4.79 Å². The molecule has 5 aromatic rings. The molecule has 33 heavy (non-hydrogen) atoms. The number of ether oxygens (including phenoxy) is 1. The number of thiazole rings is 1. The van der Waals surface area contributed by atoms with Crippen molar-refractivity contribution in [3.05, 3.63) is 96.8 Å². The molecular weight excluding hydrogens is 432 g/mol. The number of aromatic nitrogens is 1. The van der Waals surface area contributed by atoms with Gasteiger partial charge in [-0.25, -0.2) is 4.98 Å². The Morgan fingerprint density at radius 3 is 2.61 bits per heavy atom. The van der Waals surface area contributed by atoms with Crippen LogP contribution >= 0.6 is 11.3 Å². The number of amides is 1. The Morgan fingerprint density at radius 2 is 1.79 bits per heavy atom. The molecule has 0 saturated carbocycles. The van der Waals surface area contributed by atoms with Gasteiger partial charge in [-0.2, -0.15) is 0 Å². The molecule has 0 aliphatic carbocycles. The molecule has 0 aliphatic heterocycles. The van der Waals surface area contributed by atoms with E-state index in [1.54, 1.807) is 24.5 Å². The summed E-state index contributed by atoms with van der Waals surface area (Å²) >= 11 is 1.61. The van der Waals surface area contributed by atoms with E-state index in [4.69, 9.17) is 14.1 Å². The van der Waals surface area contributed by atoms with Crippen LogP contribution < -0.4 is 10.1 Å². The molecule has 6 heteroatoms. The number of carbonyl (C=O) groups is 1. The number of furan rings is 1. The fourth-order valence-corrected chi connectivity index (χ4v) is 4.43. The summed E-state index contributed by atoms with van der Waals surface area (Å²) in [6, 6.07) is 27.2. The Labute approximate surface area is 195 Å². The summed E-state index contributed by atoms with van der Waals surface area (Å²) in [7, 11) is 1.58. The minimum absolute atomic E-state index is 0.285. The first-order valence-electron chi connectivity index (χ1n) is 10.4. The summed E-state index contributed by atoms with van der Waals surface area (Å²) in [5.41, 5.74) is 3.43. The molecule has 0 aliphatic rings. The minimum atomic E-state index is -0.285. The van der Waals surface area contributed by atoms with Crippen molar-refractivity contribution >= 4 is 39.2 Å². The van der Waals surface area contributed by atoms with Crippen LogP contribution in [0.25, 0.3) is 38.2 Å². The van der Waals surface area contributed by atoms with Crippen molar-refractivity contribution in [1.29, 1.82) is 0 Å². The number of benzene rings is 3. The molecule has 0 bridgehead atoms. The van der Waals surface area contributed by atoms with E-state index in [0.29, 0.717) is 17.2 Å². The number of hydrogen-bond acceptors (Lipinski definition) is 5. The quantitative estimate of drug-likeness (QED) is 0.285. The summed E-state index contributed by atoms with van der Waals surface area (Å²) in [5, 5.41) is 3.78. The van der Waals surface area contributed by atoms with Crippen molar-refractivity contribution in [2.45, 2.75) is 0 Å². The van der Waals surface area contributed by atoms with E-state index in [1.165, 1.54) is 6.08 Å². The van der Waals surface area contributed by atoms with Crippen LogP contribution in [0.4, 0.5) is 5.69 Å². The average Bonchev–Trinajstić information content (AvgIpc) is 3.51. The molecule has 5 nitrogen and oxygen atoms in total. The number of nitrogens with zero attached hydrogens (tertiary/aromatic N) is 1. The molecular formula is C27H20N2O3S. The topological polar surface area (TPSA) is 64.4 Å². The Bertz CT molecular complexity index is 1420. The second-order valence-corrected chi connectivity index (χ2v) is 8.32. The number of hydrogen-bond donors (Lipinski definition) is 1. The summed E-state index contributed by atoms with van der Waals surface area (Å²) in [4.78, 5) is 17.3. The SMILES string of the molecule is COc1ccc(-c2nc3ccccc3s2)cc1NC(=O)C=Cc1ccc(-c2ccccc2)o1. The zero-order chi connectivity index (χ0) is 22.6. The molecule has 2 aromatic heterocycles. The maximum Gasteiger partial charge on any atom is 0.248 e. The first-order chi connectivity index (χ1) is 16.2. The van der Waals surface area contributed by atoms with Crippen molar-refractivity contribution in [3.8, 4) is 27.6 Å². The smallest absolute Gasteiger partial charge is 0.248 e. The molecule has 0 unspecified atom stereocenters. The molecule has 0 saturated heterocycles. The van der Waals surface area contributed by atoms with Crippen LogP contribution in [0.15, 0.2) is 95.4 Å². The van der Waals surface area contributed by atoms with E-state index in [9.17, 15) is 4.79 Å². The molecule has 0 radical (unpaired) electrons. The van der Waals surface area contributed by atoms with Gasteiger partial charge in [0.05, 0.1) is 23.0 Å². The maximum absolute atomic E-state index is 12.6. The van der Waals surface area contributed by atoms with Gasteiger partial charge < -0.3 is 14.5 Å². The number of fused-ring (bicyclic) bond motifs is 1. The third-order valence-corrected chi connectivity index (χ3v) is 6.17. The normalized spacial score (nSPS) is 11.2. The van der Waals surface area contributed by atoms with E-state index >= 15 is 0 Å². The molecule has 0 atom stereocenters. The predicted molar refractivity (Wildman–Crippen MR) is 133 cm³/mol. The highest BCUT2D eigenvalue weighted by molar-refractivity contribution is 7.21. The highest BCUT2D eigenvalue weighted by Crippen LogP contribution is 2.35. The van der Waals surface area contributed by atoms with Gasteiger partial charge in [-0.1, -0.05) is 42.5 Å². The summed E-state index contributed by atoms with van der Waals surface area (Å²) < 4.78 is 12.4. The van der Waals surface area contributed by atoms with Crippen molar-refractivity contribution in [2.75, 3.05) is 12.4 Å². The van der Waals surface area contributed by atoms with E-state index in [-0.39, 0.29) is 5.91 Å². The molecule has 0 spiro atoms. The first-order valence-corrected chi connectivity index (χ1v) is 11.2. The van der Waals surface area contributed by atoms with Gasteiger partial charge in [-0.3, -0.25) is 4.79 Å². The molecule has 1 amide bonds. The van der Waals surface area contributed by atoms with Crippen LogP contribution in [0.2, 0.25) is 0 Å². The molecule has 1 N–H and O–H groups in total. The van der Waals surface area contributed by atoms with Crippen LogP contribution in [-0.4, -0.2) is 18.0 Å². The summed E-state index contributed by atoms with van der Waals surface area (Å²) in [5.74, 6) is 1.64. The van der Waals surface area contributed by atoms with E-state index in [1.807, 2.05) is 84.9 Å². The van der Waals surface area contributed by atoms with Crippen LogP contribution in [0.5, 0.6) is 5.75 Å². The van der Waals surface area contributed by atoms with E-state index in [2.05, 4.69) is 5.32 Å². The lowest BCUT2D eigenvalue weighted by atomic mass is 10.2. The van der Waals surface area contributed by atoms with E-state index < -0.39 is 0 Å². The van der Waals surface area contributed by atoms with Gasteiger partial charge in [-0.15, -0.1) is 11.3 Å². The number of para-hydroxylation sites is 1. The van der Waals surface area contributed by atoms with Gasteiger partial charge in [-0.05, 0) is 48.5 Å². The van der Waals surface area contributed by atoms with Crippen molar-refractivity contribution in [1.82, 2.24) is 4.98 Å². The van der Waals surface area contributed by atoms with Crippen molar-refractivity contribution < 1.29 is 13.9 Å². The lowest BCUT2D eigenvalue weighted by Crippen LogP contribution is -2.09. The Morgan fingerprint density at radius 1 is 0.970 bits per heavy atom. The van der Waals surface area contributed by atoms with Gasteiger partial charge in [0.1, 0.15) is 22.3 Å². The van der Waals surface area contributed by atoms with Gasteiger partial charge in [0.2, 0.25) is 5.91 Å². The fourth-order valence-electron chi connectivity index (χ4n) is 3.47.